The summed E-state index contributed by atoms with van der Waals surface area (Å²) < 4.78 is 23.0. The second-order valence-electron chi connectivity index (χ2n) is 4.44. The summed E-state index contributed by atoms with van der Waals surface area (Å²) in [6.45, 7) is 2.02. The van der Waals surface area contributed by atoms with Crippen LogP contribution >= 0.6 is 0 Å². The first-order valence-corrected chi connectivity index (χ1v) is 7.76. The van der Waals surface area contributed by atoms with E-state index in [2.05, 4.69) is 15.3 Å². The molecular formula is C11H18N4O2S. The van der Waals surface area contributed by atoms with E-state index in [4.69, 9.17) is 5.84 Å². The number of aromatic nitrogens is 1. The van der Waals surface area contributed by atoms with Gasteiger partial charge in [0, 0.05) is 13.1 Å². The number of nitrogens with two attached hydrogens (primary N) is 1. The van der Waals surface area contributed by atoms with Crippen LogP contribution in [0.25, 0.3) is 0 Å². The van der Waals surface area contributed by atoms with E-state index in [9.17, 15) is 8.42 Å². The van der Waals surface area contributed by atoms with Crippen molar-refractivity contribution in [3.05, 3.63) is 23.9 Å². The number of hydrazine groups is 1. The Bertz CT molecular complexity index is 504. The fourth-order valence-electron chi connectivity index (χ4n) is 2.03. The minimum Gasteiger partial charge on any atom is -0.308 e. The van der Waals surface area contributed by atoms with Crippen LogP contribution < -0.4 is 11.3 Å². The molecule has 7 heteroatoms. The Kier molecular flexibility index (Phi) is 4.15. The van der Waals surface area contributed by atoms with Gasteiger partial charge >= 0.3 is 0 Å². The number of anilines is 1. The molecule has 6 nitrogen and oxygen atoms in total. The van der Waals surface area contributed by atoms with Crippen molar-refractivity contribution in [3.8, 4) is 0 Å². The Balaban J connectivity index is 2.00. The minimum absolute atomic E-state index is 0.238. The van der Waals surface area contributed by atoms with Gasteiger partial charge in [-0.15, -0.1) is 0 Å². The lowest BCUT2D eigenvalue weighted by atomic mass is 10.3. The lowest BCUT2D eigenvalue weighted by Gasteiger charge is -2.18. The normalized spacial score (nSPS) is 20.3. The predicted molar refractivity (Wildman–Crippen MR) is 70.6 cm³/mol. The maximum atomic E-state index is 11.5. The smallest absolute Gasteiger partial charge is 0.151 e. The first kappa shape index (κ1) is 13.3. The lowest BCUT2D eigenvalue weighted by Crippen LogP contribution is -2.27. The lowest BCUT2D eigenvalue weighted by molar-refractivity contribution is 0.284. The van der Waals surface area contributed by atoms with Crippen LogP contribution in [0.15, 0.2) is 18.2 Å². The van der Waals surface area contributed by atoms with Gasteiger partial charge in [0.25, 0.3) is 0 Å². The van der Waals surface area contributed by atoms with Gasteiger partial charge in [0.15, 0.2) is 9.84 Å². The molecule has 0 saturated carbocycles. The maximum Gasteiger partial charge on any atom is 0.151 e. The molecule has 0 spiro atoms. The van der Waals surface area contributed by atoms with Crippen molar-refractivity contribution >= 4 is 15.7 Å². The Morgan fingerprint density at radius 1 is 1.33 bits per heavy atom. The van der Waals surface area contributed by atoms with Crippen LogP contribution in [0.3, 0.4) is 0 Å². The number of hydrogen-bond donors (Lipinski definition) is 2. The zero-order valence-electron chi connectivity index (χ0n) is 10.2. The SMILES string of the molecule is NNc1cccc(CN2CCCS(=O)(=O)CC2)n1. The summed E-state index contributed by atoms with van der Waals surface area (Å²) >= 11 is 0. The highest BCUT2D eigenvalue weighted by atomic mass is 32.2. The molecule has 0 bridgehead atoms. The van der Waals surface area contributed by atoms with Crippen molar-refractivity contribution in [2.24, 2.45) is 5.84 Å². The first-order valence-electron chi connectivity index (χ1n) is 5.94. The predicted octanol–water partition coefficient (Wildman–Crippen LogP) is -0.0123. The van der Waals surface area contributed by atoms with Gasteiger partial charge in [0.05, 0.1) is 17.2 Å². The van der Waals surface area contributed by atoms with E-state index < -0.39 is 9.84 Å². The summed E-state index contributed by atoms with van der Waals surface area (Å²) in [5.41, 5.74) is 3.40. The highest BCUT2D eigenvalue weighted by Crippen LogP contribution is 2.10. The highest BCUT2D eigenvalue weighted by Gasteiger charge is 2.19. The van der Waals surface area contributed by atoms with E-state index in [-0.39, 0.29) is 5.75 Å². The Morgan fingerprint density at radius 3 is 2.94 bits per heavy atom. The van der Waals surface area contributed by atoms with Gasteiger partial charge in [-0.25, -0.2) is 19.2 Å². The topological polar surface area (TPSA) is 88.3 Å². The molecule has 0 aliphatic carbocycles. The third-order valence-corrected chi connectivity index (χ3v) is 4.70. The maximum absolute atomic E-state index is 11.5. The molecule has 2 heterocycles. The largest absolute Gasteiger partial charge is 0.308 e. The zero-order chi connectivity index (χ0) is 13.0. The molecule has 1 aliphatic rings. The van der Waals surface area contributed by atoms with Crippen LogP contribution in [0.5, 0.6) is 0 Å². The molecule has 0 atom stereocenters. The molecular weight excluding hydrogens is 252 g/mol. The fraction of sp³-hybridized carbons (Fsp3) is 0.545. The molecule has 1 saturated heterocycles. The molecule has 0 aromatic carbocycles. The van der Waals surface area contributed by atoms with E-state index in [1.165, 1.54) is 0 Å². The number of pyridine rings is 1. The molecule has 1 aromatic heterocycles. The van der Waals surface area contributed by atoms with Crippen molar-refractivity contribution in [1.82, 2.24) is 9.88 Å². The average molecular weight is 270 g/mol. The summed E-state index contributed by atoms with van der Waals surface area (Å²) in [5.74, 6) is 6.46. The third-order valence-electron chi connectivity index (χ3n) is 2.99. The molecule has 0 amide bonds. The van der Waals surface area contributed by atoms with Gasteiger partial charge in [-0.2, -0.15) is 0 Å². The number of sulfone groups is 1. The Morgan fingerprint density at radius 2 is 2.17 bits per heavy atom. The summed E-state index contributed by atoms with van der Waals surface area (Å²) in [6, 6.07) is 5.59. The molecule has 2 rings (SSSR count). The first-order chi connectivity index (χ1) is 8.59. The Hall–Kier alpha value is -1.18. The van der Waals surface area contributed by atoms with Gasteiger partial charge in [-0.1, -0.05) is 6.07 Å². The van der Waals surface area contributed by atoms with E-state index in [1.54, 1.807) is 6.07 Å². The van der Waals surface area contributed by atoms with Gasteiger partial charge in [-0.05, 0) is 25.1 Å². The summed E-state index contributed by atoms with van der Waals surface area (Å²) in [5, 5.41) is 0. The van der Waals surface area contributed by atoms with Gasteiger partial charge in [-0.3, -0.25) is 4.90 Å². The monoisotopic (exact) mass is 270 g/mol. The summed E-state index contributed by atoms with van der Waals surface area (Å²) in [7, 11) is -2.85. The molecule has 1 aliphatic heterocycles. The molecule has 1 fully saturated rings. The highest BCUT2D eigenvalue weighted by molar-refractivity contribution is 7.91. The number of hydrogen-bond acceptors (Lipinski definition) is 6. The van der Waals surface area contributed by atoms with Crippen LogP contribution in [-0.4, -0.2) is 42.9 Å². The zero-order valence-corrected chi connectivity index (χ0v) is 11.0. The van der Waals surface area contributed by atoms with Crippen molar-refractivity contribution in [2.75, 3.05) is 30.0 Å². The number of nitrogen functional groups attached to an aromatic ring is 1. The summed E-state index contributed by atoms with van der Waals surface area (Å²) in [6.07, 6.45) is 0.692. The van der Waals surface area contributed by atoms with Gasteiger partial charge in [0.1, 0.15) is 5.82 Å². The van der Waals surface area contributed by atoms with Crippen molar-refractivity contribution in [2.45, 2.75) is 13.0 Å². The van der Waals surface area contributed by atoms with Crippen LogP contribution in [0.1, 0.15) is 12.1 Å². The molecule has 18 heavy (non-hydrogen) atoms. The molecule has 3 N–H and O–H groups in total. The fourth-order valence-corrected chi connectivity index (χ4v) is 3.33. The minimum atomic E-state index is -2.85. The van der Waals surface area contributed by atoms with E-state index in [1.807, 2.05) is 12.1 Å². The summed E-state index contributed by atoms with van der Waals surface area (Å²) in [4.78, 5) is 6.44. The standard InChI is InChI=1S/C11H18N4O2S/c12-14-11-4-1-3-10(13-11)9-15-5-2-7-18(16,17)8-6-15/h1,3-4H,2,5-9,12H2,(H,13,14). The number of rotatable bonds is 3. The average Bonchev–Trinajstić information content (AvgIpc) is 2.51. The van der Waals surface area contributed by atoms with Crippen molar-refractivity contribution in [3.63, 3.8) is 0 Å². The van der Waals surface area contributed by atoms with Crippen LogP contribution in [0.4, 0.5) is 5.82 Å². The number of nitrogens with one attached hydrogen (secondary N) is 1. The second-order valence-corrected chi connectivity index (χ2v) is 6.74. The second kappa shape index (κ2) is 5.64. The van der Waals surface area contributed by atoms with E-state index in [0.29, 0.717) is 31.1 Å². The van der Waals surface area contributed by atoms with Crippen LogP contribution in [0.2, 0.25) is 0 Å². The van der Waals surface area contributed by atoms with E-state index >= 15 is 0 Å². The van der Waals surface area contributed by atoms with Crippen LogP contribution in [-0.2, 0) is 16.4 Å². The molecule has 0 unspecified atom stereocenters. The van der Waals surface area contributed by atoms with Crippen LogP contribution in [0, 0.1) is 0 Å². The third kappa shape index (κ3) is 3.66. The molecule has 1 aromatic rings. The van der Waals surface area contributed by atoms with Gasteiger partial charge in [0.2, 0.25) is 0 Å². The van der Waals surface area contributed by atoms with Crippen molar-refractivity contribution < 1.29 is 8.42 Å². The molecule has 100 valence electrons. The van der Waals surface area contributed by atoms with E-state index in [0.717, 1.165) is 12.2 Å². The van der Waals surface area contributed by atoms with Crippen molar-refractivity contribution in [1.29, 1.82) is 0 Å². The number of nitrogens with zero attached hydrogens (tertiary/aromatic N) is 2. The molecule has 0 radical (unpaired) electrons. The van der Waals surface area contributed by atoms with Gasteiger partial charge < -0.3 is 5.43 Å². The quantitative estimate of drug-likeness (QED) is 0.593. The Labute approximate surface area is 107 Å².